The first kappa shape index (κ1) is 23.4. The minimum absolute atomic E-state index is 0. The molecule has 0 spiro atoms. The van der Waals surface area contributed by atoms with Crippen molar-refractivity contribution in [3.05, 3.63) is 29.3 Å². The zero-order valence-corrected chi connectivity index (χ0v) is 18.9. The van der Waals surface area contributed by atoms with Crippen molar-refractivity contribution < 1.29 is 4.79 Å². The van der Waals surface area contributed by atoms with Crippen LogP contribution in [0.3, 0.4) is 0 Å². The zero-order valence-electron chi connectivity index (χ0n) is 16.4. The van der Waals surface area contributed by atoms with Gasteiger partial charge < -0.3 is 10.2 Å². The summed E-state index contributed by atoms with van der Waals surface area (Å²) in [5.74, 6) is 2.01. The quantitative estimate of drug-likeness (QED) is 0.732. The van der Waals surface area contributed by atoms with Crippen LogP contribution in [0.4, 0.5) is 0 Å². The van der Waals surface area contributed by atoms with Crippen LogP contribution in [-0.2, 0) is 4.79 Å². The molecule has 2 unspecified atom stereocenters. The number of amides is 1. The summed E-state index contributed by atoms with van der Waals surface area (Å²) in [6, 6.07) is 8.37. The molecule has 3 heterocycles. The first-order chi connectivity index (χ1) is 12.7. The Morgan fingerprint density at radius 3 is 2.68 bits per heavy atom. The summed E-state index contributed by atoms with van der Waals surface area (Å²) in [5.41, 5.74) is 1.11. The first-order valence-corrected chi connectivity index (χ1v) is 10.9. The van der Waals surface area contributed by atoms with E-state index in [1.807, 2.05) is 11.3 Å². The highest BCUT2D eigenvalue weighted by molar-refractivity contribution is 7.18. The fourth-order valence-electron chi connectivity index (χ4n) is 4.38. The van der Waals surface area contributed by atoms with E-state index in [-0.39, 0.29) is 24.8 Å². The largest absolute Gasteiger partial charge is 0.343 e. The van der Waals surface area contributed by atoms with Crippen LogP contribution in [0.2, 0.25) is 0 Å². The normalized spacial score (nSPS) is 21.6. The third-order valence-corrected chi connectivity index (χ3v) is 7.34. The highest BCUT2D eigenvalue weighted by Gasteiger charge is 2.28. The number of rotatable bonds is 4. The van der Waals surface area contributed by atoms with Gasteiger partial charge in [-0.3, -0.25) is 4.79 Å². The van der Waals surface area contributed by atoms with E-state index in [9.17, 15) is 4.79 Å². The Morgan fingerprint density at radius 1 is 1.25 bits per heavy atom. The van der Waals surface area contributed by atoms with Gasteiger partial charge in [-0.05, 0) is 62.7 Å². The molecule has 4 rings (SSSR count). The number of nitrogens with one attached hydrogen (secondary N) is 1. The number of likely N-dealkylation sites (tertiary alicyclic amines) is 1. The summed E-state index contributed by atoms with van der Waals surface area (Å²) in [7, 11) is 0. The van der Waals surface area contributed by atoms with Gasteiger partial charge in [0.2, 0.25) is 5.91 Å². The van der Waals surface area contributed by atoms with Gasteiger partial charge in [-0.15, -0.1) is 36.2 Å². The van der Waals surface area contributed by atoms with Crippen LogP contribution in [0.1, 0.15) is 50.0 Å². The number of carbonyl (C=O) groups excluding carboxylic acids is 1. The molecule has 0 aliphatic carbocycles. The van der Waals surface area contributed by atoms with Gasteiger partial charge in [0, 0.05) is 25.4 Å². The topological polar surface area (TPSA) is 45.2 Å². The number of thiazole rings is 1. The number of piperidine rings is 2. The third-order valence-electron chi connectivity index (χ3n) is 6.14. The minimum Gasteiger partial charge on any atom is -0.343 e. The number of halogens is 2. The summed E-state index contributed by atoms with van der Waals surface area (Å²) in [6.45, 7) is 6.23. The van der Waals surface area contributed by atoms with Crippen molar-refractivity contribution in [2.45, 2.75) is 44.9 Å². The lowest BCUT2D eigenvalue weighted by Crippen LogP contribution is -2.40. The van der Waals surface area contributed by atoms with Crippen molar-refractivity contribution in [2.75, 3.05) is 26.2 Å². The van der Waals surface area contributed by atoms with E-state index in [0.717, 1.165) is 44.5 Å². The number of aromatic nitrogens is 1. The second-order valence-electron chi connectivity index (χ2n) is 7.96. The van der Waals surface area contributed by atoms with Gasteiger partial charge in [0.15, 0.2) is 0 Å². The highest BCUT2D eigenvalue weighted by atomic mass is 35.5. The molecule has 7 heteroatoms. The second kappa shape index (κ2) is 10.8. The molecule has 4 nitrogen and oxygen atoms in total. The average molecular weight is 444 g/mol. The summed E-state index contributed by atoms with van der Waals surface area (Å²) in [4.78, 5) is 19.6. The SMILES string of the molecule is CC(CC(=O)N1CCC(c2nc3ccccc3s2)CC1)C1CCCNC1.Cl.Cl. The van der Waals surface area contributed by atoms with Crippen LogP contribution in [0, 0.1) is 11.8 Å². The van der Waals surface area contributed by atoms with Crippen molar-refractivity contribution in [1.29, 1.82) is 0 Å². The smallest absolute Gasteiger partial charge is 0.222 e. The molecular formula is C21H31Cl2N3OS. The summed E-state index contributed by atoms with van der Waals surface area (Å²) in [6.07, 6.45) is 5.31. The molecule has 2 atom stereocenters. The maximum Gasteiger partial charge on any atom is 0.222 e. The molecule has 2 saturated heterocycles. The van der Waals surface area contributed by atoms with E-state index in [1.54, 1.807) is 0 Å². The Bertz CT molecular complexity index is 722. The van der Waals surface area contributed by atoms with Gasteiger partial charge in [0.1, 0.15) is 0 Å². The van der Waals surface area contributed by atoms with Crippen LogP contribution >= 0.6 is 36.2 Å². The van der Waals surface area contributed by atoms with Crippen LogP contribution in [-0.4, -0.2) is 42.0 Å². The Balaban J connectivity index is 0.00000140. The monoisotopic (exact) mass is 443 g/mol. The molecule has 2 aromatic rings. The van der Waals surface area contributed by atoms with Gasteiger partial charge in [-0.1, -0.05) is 19.1 Å². The van der Waals surface area contributed by atoms with Crippen LogP contribution in [0.15, 0.2) is 24.3 Å². The van der Waals surface area contributed by atoms with E-state index >= 15 is 0 Å². The molecule has 1 aromatic heterocycles. The zero-order chi connectivity index (χ0) is 17.9. The maximum absolute atomic E-state index is 12.7. The third kappa shape index (κ3) is 5.38. The predicted molar refractivity (Wildman–Crippen MR) is 122 cm³/mol. The lowest BCUT2D eigenvalue weighted by Gasteiger charge is -2.33. The number of fused-ring (bicyclic) bond motifs is 1. The van der Waals surface area contributed by atoms with Crippen molar-refractivity contribution >= 4 is 52.3 Å². The van der Waals surface area contributed by atoms with Gasteiger partial charge in [-0.2, -0.15) is 0 Å². The molecule has 2 aliphatic heterocycles. The first-order valence-electron chi connectivity index (χ1n) is 10.0. The lowest BCUT2D eigenvalue weighted by atomic mass is 9.85. The fourth-order valence-corrected chi connectivity index (χ4v) is 5.51. The van der Waals surface area contributed by atoms with E-state index in [1.165, 1.54) is 22.5 Å². The summed E-state index contributed by atoms with van der Waals surface area (Å²) in [5, 5.41) is 4.72. The molecule has 0 radical (unpaired) electrons. The molecular weight excluding hydrogens is 413 g/mol. The average Bonchev–Trinajstić information content (AvgIpc) is 3.13. The van der Waals surface area contributed by atoms with Crippen LogP contribution in [0.25, 0.3) is 10.2 Å². The molecule has 0 bridgehead atoms. The number of para-hydroxylation sites is 1. The fraction of sp³-hybridized carbons (Fsp3) is 0.619. The minimum atomic E-state index is 0. The molecule has 2 fully saturated rings. The number of hydrogen-bond acceptors (Lipinski definition) is 4. The molecule has 1 aromatic carbocycles. The molecule has 0 saturated carbocycles. The van der Waals surface area contributed by atoms with E-state index in [4.69, 9.17) is 4.98 Å². The predicted octanol–water partition coefficient (Wildman–Crippen LogP) is 4.87. The van der Waals surface area contributed by atoms with Crippen molar-refractivity contribution in [3.63, 3.8) is 0 Å². The standard InChI is InChI=1S/C21H29N3OS.2ClH/c1-15(17-5-4-10-22-14-17)13-20(25)24-11-8-16(9-12-24)21-23-18-6-2-3-7-19(18)26-21;;/h2-3,6-7,15-17,22H,4-5,8-14H2,1H3;2*1H. The molecule has 1 N–H and O–H groups in total. The Hall–Kier alpha value is -0.880. The summed E-state index contributed by atoms with van der Waals surface area (Å²) < 4.78 is 1.27. The molecule has 1 amide bonds. The van der Waals surface area contributed by atoms with Crippen molar-refractivity contribution in [1.82, 2.24) is 15.2 Å². The Kier molecular flexibility index (Phi) is 9.00. The van der Waals surface area contributed by atoms with Crippen molar-refractivity contribution in [2.24, 2.45) is 11.8 Å². The number of benzene rings is 1. The number of hydrogen-bond donors (Lipinski definition) is 1. The number of carbonyl (C=O) groups is 1. The second-order valence-corrected chi connectivity index (χ2v) is 9.02. The van der Waals surface area contributed by atoms with E-state index < -0.39 is 0 Å². The van der Waals surface area contributed by atoms with Gasteiger partial charge in [0.25, 0.3) is 0 Å². The Morgan fingerprint density at radius 2 is 2.00 bits per heavy atom. The number of nitrogens with zero attached hydrogens (tertiary/aromatic N) is 2. The molecule has 156 valence electrons. The van der Waals surface area contributed by atoms with Crippen LogP contribution < -0.4 is 5.32 Å². The maximum atomic E-state index is 12.7. The Labute approximate surface area is 184 Å². The van der Waals surface area contributed by atoms with Gasteiger partial charge >= 0.3 is 0 Å². The highest BCUT2D eigenvalue weighted by Crippen LogP contribution is 2.34. The summed E-state index contributed by atoms with van der Waals surface area (Å²) >= 11 is 1.82. The van der Waals surface area contributed by atoms with Crippen LogP contribution in [0.5, 0.6) is 0 Å². The van der Waals surface area contributed by atoms with Gasteiger partial charge in [0.05, 0.1) is 15.2 Å². The van der Waals surface area contributed by atoms with Crippen molar-refractivity contribution in [3.8, 4) is 0 Å². The molecule has 28 heavy (non-hydrogen) atoms. The van der Waals surface area contributed by atoms with Gasteiger partial charge in [-0.25, -0.2) is 4.98 Å². The molecule has 2 aliphatic rings. The lowest BCUT2D eigenvalue weighted by molar-refractivity contribution is -0.133. The van der Waals surface area contributed by atoms with E-state index in [0.29, 0.717) is 30.1 Å². The van der Waals surface area contributed by atoms with E-state index in [2.05, 4.69) is 41.4 Å².